The lowest BCUT2D eigenvalue weighted by molar-refractivity contribution is -0.114. The first-order valence-corrected chi connectivity index (χ1v) is 5.11. The second-order valence-electron chi connectivity index (χ2n) is 3.44. The zero-order valence-corrected chi connectivity index (χ0v) is 8.77. The summed E-state index contributed by atoms with van der Waals surface area (Å²) in [6.45, 7) is 2.08. The molecule has 0 N–H and O–H groups in total. The SMILES string of the molecule is CCC1=C(c2ccc(Cl)cc2)C(=O)C1. The van der Waals surface area contributed by atoms with Crippen LogP contribution in [0.2, 0.25) is 5.02 Å². The van der Waals surface area contributed by atoms with Gasteiger partial charge in [0.05, 0.1) is 0 Å². The van der Waals surface area contributed by atoms with Crippen LogP contribution in [0.3, 0.4) is 0 Å². The third-order valence-corrected chi connectivity index (χ3v) is 2.82. The normalized spacial score (nSPS) is 15.7. The molecule has 2 heteroatoms. The fourth-order valence-corrected chi connectivity index (χ4v) is 1.87. The highest BCUT2D eigenvalue weighted by Crippen LogP contribution is 2.34. The van der Waals surface area contributed by atoms with Crippen LogP contribution in [0.1, 0.15) is 25.3 Å². The van der Waals surface area contributed by atoms with Crippen molar-refractivity contribution < 1.29 is 4.79 Å². The highest BCUT2D eigenvalue weighted by atomic mass is 35.5. The van der Waals surface area contributed by atoms with E-state index in [2.05, 4.69) is 6.92 Å². The summed E-state index contributed by atoms with van der Waals surface area (Å²) in [6, 6.07) is 7.46. The van der Waals surface area contributed by atoms with Crippen molar-refractivity contribution in [3.63, 3.8) is 0 Å². The van der Waals surface area contributed by atoms with Gasteiger partial charge in [0, 0.05) is 17.0 Å². The Hall–Kier alpha value is -1.08. The monoisotopic (exact) mass is 206 g/mol. The van der Waals surface area contributed by atoms with Crippen molar-refractivity contribution in [3.05, 3.63) is 40.4 Å². The summed E-state index contributed by atoms with van der Waals surface area (Å²) < 4.78 is 0. The number of carbonyl (C=O) groups excluding carboxylic acids is 1. The minimum absolute atomic E-state index is 0.254. The van der Waals surface area contributed by atoms with Crippen LogP contribution in [0.5, 0.6) is 0 Å². The summed E-state index contributed by atoms with van der Waals surface area (Å²) in [4.78, 5) is 11.4. The third-order valence-electron chi connectivity index (χ3n) is 2.57. The molecule has 0 saturated carbocycles. The summed E-state index contributed by atoms with van der Waals surface area (Å²) in [5.74, 6) is 0.254. The summed E-state index contributed by atoms with van der Waals surface area (Å²) >= 11 is 5.78. The Morgan fingerprint density at radius 2 is 1.93 bits per heavy atom. The van der Waals surface area contributed by atoms with E-state index in [0.717, 1.165) is 17.6 Å². The number of rotatable bonds is 2. The van der Waals surface area contributed by atoms with Crippen LogP contribution >= 0.6 is 11.6 Å². The van der Waals surface area contributed by atoms with Crippen LogP contribution < -0.4 is 0 Å². The first kappa shape index (κ1) is 9.47. The summed E-state index contributed by atoms with van der Waals surface area (Å²) in [5.41, 5.74) is 3.17. The Bertz CT molecular complexity index is 401. The molecule has 14 heavy (non-hydrogen) atoms. The van der Waals surface area contributed by atoms with Gasteiger partial charge in [-0.15, -0.1) is 0 Å². The van der Waals surface area contributed by atoms with Crippen molar-refractivity contribution >= 4 is 23.0 Å². The van der Waals surface area contributed by atoms with E-state index >= 15 is 0 Å². The largest absolute Gasteiger partial charge is 0.294 e. The Morgan fingerprint density at radius 3 is 2.43 bits per heavy atom. The zero-order valence-electron chi connectivity index (χ0n) is 8.01. The third kappa shape index (κ3) is 1.48. The lowest BCUT2D eigenvalue weighted by Crippen LogP contribution is -2.16. The number of carbonyl (C=O) groups is 1. The van der Waals surface area contributed by atoms with E-state index in [1.54, 1.807) is 0 Å². The quantitative estimate of drug-likeness (QED) is 0.724. The van der Waals surface area contributed by atoms with Gasteiger partial charge in [-0.1, -0.05) is 36.2 Å². The van der Waals surface area contributed by atoms with Crippen molar-refractivity contribution in [2.24, 2.45) is 0 Å². The molecule has 0 saturated heterocycles. The summed E-state index contributed by atoms with van der Waals surface area (Å²) in [5, 5.41) is 0.708. The van der Waals surface area contributed by atoms with Gasteiger partial charge in [-0.05, 0) is 24.1 Å². The van der Waals surface area contributed by atoms with Crippen molar-refractivity contribution in [1.29, 1.82) is 0 Å². The number of Topliss-reactive ketones (excluding diaryl/α,β-unsaturated/α-hetero) is 1. The van der Waals surface area contributed by atoms with Crippen LogP contribution in [0.4, 0.5) is 0 Å². The molecule has 0 aliphatic heterocycles. The summed E-state index contributed by atoms with van der Waals surface area (Å²) in [6.07, 6.45) is 1.60. The molecule has 0 bridgehead atoms. The lowest BCUT2D eigenvalue weighted by Gasteiger charge is -2.21. The standard InChI is InChI=1S/C12H11ClO/c1-2-8-7-11(14)12(8)9-3-5-10(13)6-4-9/h3-6H,2,7H2,1H3. The number of ketones is 1. The minimum Gasteiger partial charge on any atom is -0.294 e. The van der Waals surface area contributed by atoms with E-state index in [0.29, 0.717) is 11.4 Å². The van der Waals surface area contributed by atoms with E-state index in [9.17, 15) is 4.79 Å². The van der Waals surface area contributed by atoms with Crippen molar-refractivity contribution in [2.45, 2.75) is 19.8 Å². The average molecular weight is 207 g/mol. The fraction of sp³-hybridized carbons (Fsp3) is 0.250. The average Bonchev–Trinajstić information content (AvgIpc) is 2.17. The second kappa shape index (κ2) is 3.58. The molecule has 0 spiro atoms. The van der Waals surface area contributed by atoms with Gasteiger partial charge >= 0.3 is 0 Å². The predicted molar refractivity (Wildman–Crippen MR) is 58.3 cm³/mol. The maximum atomic E-state index is 11.4. The van der Waals surface area contributed by atoms with Gasteiger partial charge in [0.25, 0.3) is 0 Å². The second-order valence-corrected chi connectivity index (χ2v) is 3.88. The van der Waals surface area contributed by atoms with Gasteiger partial charge in [-0.25, -0.2) is 0 Å². The number of hydrogen-bond acceptors (Lipinski definition) is 1. The maximum Gasteiger partial charge on any atom is 0.167 e. The topological polar surface area (TPSA) is 17.1 Å². The molecular weight excluding hydrogens is 196 g/mol. The van der Waals surface area contributed by atoms with Crippen molar-refractivity contribution in [2.75, 3.05) is 0 Å². The van der Waals surface area contributed by atoms with E-state index in [-0.39, 0.29) is 5.78 Å². The predicted octanol–water partition coefficient (Wildman–Crippen LogP) is 3.48. The fourth-order valence-electron chi connectivity index (χ4n) is 1.74. The molecular formula is C12H11ClO. The number of hydrogen-bond donors (Lipinski definition) is 0. The van der Waals surface area contributed by atoms with Crippen LogP contribution in [0, 0.1) is 0 Å². The van der Waals surface area contributed by atoms with E-state index in [4.69, 9.17) is 11.6 Å². The first-order chi connectivity index (χ1) is 6.72. The van der Waals surface area contributed by atoms with Gasteiger partial charge < -0.3 is 0 Å². The number of allylic oxidation sites excluding steroid dienone is 2. The van der Waals surface area contributed by atoms with Gasteiger partial charge in [0.2, 0.25) is 0 Å². The molecule has 2 rings (SSSR count). The van der Waals surface area contributed by atoms with Crippen LogP contribution in [-0.2, 0) is 4.79 Å². The number of benzene rings is 1. The first-order valence-electron chi connectivity index (χ1n) is 4.73. The molecule has 0 heterocycles. The Balaban J connectivity index is 2.40. The molecule has 1 aromatic carbocycles. The smallest absolute Gasteiger partial charge is 0.167 e. The molecule has 1 aliphatic carbocycles. The van der Waals surface area contributed by atoms with E-state index < -0.39 is 0 Å². The zero-order chi connectivity index (χ0) is 10.1. The highest BCUT2D eigenvalue weighted by molar-refractivity contribution is 6.31. The minimum atomic E-state index is 0.254. The Labute approximate surface area is 88.4 Å². The number of halogens is 1. The van der Waals surface area contributed by atoms with Crippen LogP contribution in [-0.4, -0.2) is 5.78 Å². The maximum absolute atomic E-state index is 11.4. The Morgan fingerprint density at radius 1 is 1.29 bits per heavy atom. The molecule has 0 aromatic heterocycles. The summed E-state index contributed by atoms with van der Waals surface area (Å²) in [7, 11) is 0. The molecule has 1 aliphatic rings. The molecule has 0 unspecified atom stereocenters. The van der Waals surface area contributed by atoms with E-state index in [1.165, 1.54) is 5.57 Å². The molecule has 0 radical (unpaired) electrons. The molecule has 0 atom stereocenters. The molecule has 0 fully saturated rings. The van der Waals surface area contributed by atoms with Crippen molar-refractivity contribution in [1.82, 2.24) is 0 Å². The lowest BCUT2D eigenvalue weighted by atomic mass is 9.81. The van der Waals surface area contributed by atoms with Crippen molar-refractivity contribution in [3.8, 4) is 0 Å². The Kier molecular flexibility index (Phi) is 2.42. The van der Waals surface area contributed by atoms with Gasteiger partial charge in [-0.3, -0.25) is 4.79 Å². The highest BCUT2D eigenvalue weighted by Gasteiger charge is 2.26. The molecule has 72 valence electrons. The van der Waals surface area contributed by atoms with Crippen LogP contribution in [0.25, 0.3) is 5.57 Å². The van der Waals surface area contributed by atoms with Gasteiger partial charge in [0.1, 0.15) is 0 Å². The molecule has 0 amide bonds. The molecule has 1 aromatic rings. The van der Waals surface area contributed by atoms with E-state index in [1.807, 2.05) is 24.3 Å². The van der Waals surface area contributed by atoms with Crippen LogP contribution in [0.15, 0.2) is 29.8 Å². The van der Waals surface area contributed by atoms with Gasteiger partial charge in [0.15, 0.2) is 5.78 Å². The molecule has 1 nitrogen and oxygen atoms in total. The van der Waals surface area contributed by atoms with Gasteiger partial charge in [-0.2, -0.15) is 0 Å².